The van der Waals surface area contributed by atoms with E-state index in [9.17, 15) is 9.90 Å². The molecular weight excluding hydrogens is 588 g/mol. The van der Waals surface area contributed by atoms with Crippen LogP contribution in [0.25, 0.3) is 0 Å². The summed E-state index contributed by atoms with van der Waals surface area (Å²) < 4.78 is 5.15. The van der Waals surface area contributed by atoms with Crippen LogP contribution in [0.15, 0.2) is 103 Å². The number of aromatic hydroxyl groups is 1. The van der Waals surface area contributed by atoms with Crippen molar-refractivity contribution in [1.82, 2.24) is 0 Å². The van der Waals surface area contributed by atoms with Crippen LogP contribution in [0.4, 0.5) is 0 Å². The molecule has 9 rings (SSSR count). The average Bonchev–Trinajstić information content (AvgIpc) is 3.97. The zero-order valence-corrected chi connectivity index (χ0v) is 28.9. The van der Waals surface area contributed by atoms with Crippen LogP contribution in [0, 0.1) is 61.2 Å². The summed E-state index contributed by atoms with van der Waals surface area (Å²) in [6.07, 6.45) is 24.0. The van der Waals surface area contributed by atoms with Crippen molar-refractivity contribution >= 4 is 5.78 Å². The van der Waals surface area contributed by atoms with Crippen LogP contribution in [0.1, 0.15) is 83.5 Å². The molecule has 0 spiro atoms. The Morgan fingerprint density at radius 1 is 0.667 bits per heavy atom. The molecule has 9 atom stereocenters. The van der Waals surface area contributed by atoms with Gasteiger partial charge >= 0.3 is 0 Å². The van der Waals surface area contributed by atoms with Crippen molar-refractivity contribution in [3.63, 3.8) is 0 Å². The number of hydrogen-bond acceptors (Lipinski definition) is 3. The lowest BCUT2D eigenvalue weighted by Crippen LogP contribution is -2.13. The molecule has 0 heterocycles. The molecule has 3 fully saturated rings. The van der Waals surface area contributed by atoms with Gasteiger partial charge < -0.3 is 9.84 Å². The molecule has 3 heteroatoms. The van der Waals surface area contributed by atoms with E-state index in [1.807, 2.05) is 36.4 Å². The molecule has 6 bridgehead atoms. The number of hydrogen-bond donors (Lipinski definition) is 1. The van der Waals surface area contributed by atoms with Crippen molar-refractivity contribution in [3.05, 3.63) is 131 Å². The third-order valence-electron chi connectivity index (χ3n) is 12.2. The summed E-state index contributed by atoms with van der Waals surface area (Å²) in [5, 5.41) is 9.56. The second kappa shape index (κ2) is 14.3. The summed E-state index contributed by atoms with van der Waals surface area (Å²) in [6.45, 7) is 4.21. The van der Waals surface area contributed by atoms with Gasteiger partial charge in [-0.2, -0.15) is 0 Å². The van der Waals surface area contributed by atoms with E-state index in [4.69, 9.17) is 4.74 Å². The molecule has 9 unspecified atom stereocenters. The summed E-state index contributed by atoms with van der Waals surface area (Å²) in [6, 6.07) is 22.8. The Kier molecular flexibility index (Phi) is 9.76. The largest absolute Gasteiger partial charge is 0.504 e. The molecule has 0 aromatic heterocycles. The van der Waals surface area contributed by atoms with Gasteiger partial charge in [-0.3, -0.25) is 4.79 Å². The molecule has 250 valence electrons. The van der Waals surface area contributed by atoms with E-state index in [0.717, 1.165) is 59.8 Å². The first-order chi connectivity index (χ1) is 23.3. The Balaban J connectivity index is 0.000000115. The number of methoxy groups -OCH3 is 1. The molecule has 6 aliphatic carbocycles. The van der Waals surface area contributed by atoms with Crippen molar-refractivity contribution in [2.24, 2.45) is 47.3 Å². The Hall–Kier alpha value is -3.85. The number of carbonyl (C=O) groups is 1. The fraction of sp³-hybridized carbons (Fsp3) is 0.444. The number of carbonyl (C=O) groups excluding carboxylic acids is 1. The second-order valence-electron chi connectivity index (χ2n) is 15.6. The molecule has 1 N–H and O–H groups in total. The van der Waals surface area contributed by atoms with Gasteiger partial charge in [-0.05, 0) is 135 Å². The lowest BCUT2D eigenvalue weighted by atomic mass is 9.87. The Bertz CT molecular complexity index is 1660. The normalized spacial score (nSPS) is 31.0. The summed E-state index contributed by atoms with van der Waals surface area (Å²) >= 11 is 0. The van der Waals surface area contributed by atoms with Crippen LogP contribution < -0.4 is 4.74 Å². The highest BCUT2D eigenvalue weighted by Gasteiger charge is 2.38. The maximum absolute atomic E-state index is 12.2. The number of benzene rings is 3. The number of fused-ring (bicyclic) bond motifs is 6. The van der Waals surface area contributed by atoms with Crippen molar-refractivity contribution in [1.29, 1.82) is 0 Å². The average molecular weight is 641 g/mol. The number of ketones is 1. The number of Topliss-reactive ketones (excluding diaryl/α,β-unsaturated/α-hetero) is 1. The molecule has 3 saturated carbocycles. The quantitative estimate of drug-likeness (QED) is 0.206. The van der Waals surface area contributed by atoms with Crippen LogP contribution in [0.3, 0.4) is 0 Å². The number of phenolic OH excluding ortho intramolecular Hbond substituents is 1. The van der Waals surface area contributed by atoms with Crippen LogP contribution in [0.5, 0.6) is 11.5 Å². The predicted octanol–water partition coefficient (Wildman–Crippen LogP) is 10.6. The number of allylic oxidation sites excluding steroid dienone is 6. The third-order valence-corrected chi connectivity index (χ3v) is 12.2. The topological polar surface area (TPSA) is 46.5 Å². The van der Waals surface area contributed by atoms with Crippen molar-refractivity contribution < 1.29 is 14.6 Å². The molecule has 0 radical (unpaired) electrons. The Morgan fingerprint density at radius 3 is 1.75 bits per heavy atom. The molecule has 3 aromatic carbocycles. The monoisotopic (exact) mass is 640 g/mol. The van der Waals surface area contributed by atoms with Crippen LogP contribution >= 0.6 is 0 Å². The first-order valence-electron chi connectivity index (χ1n) is 18.4. The minimum Gasteiger partial charge on any atom is -0.504 e. The van der Waals surface area contributed by atoms with Gasteiger partial charge in [-0.25, -0.2) is 0 Å². The van der Waals surface area contributed by atoms with Gasteiger partial charge in [0.25, 0.3) is 0 Å². The van der Waals surface area contributed by atoms with Crippen molar-refractivity contribution in [3.8, 4) is 11.5 Å². The van der Waals surface area contributed by atoms with Gasteiger partial charge in [0.1, 0.15) is 0 Å². The molecule has 3 aromatic rings. The zero-order chi connectivity index (χ0) is 33.2. The van der Waals surface area contributed by atoms with E-state index >= 15 is 0 Å². The van der Waals surface area contributed by atoms with Crippen LogP contribution in [0.2, 0.25) is 0 Å². The number of aryl methyl sites for hydroxylation is 2. The first kappa shape index (κ1) is 32.7. The Labute approximate surface area is 287 Å². The summed E-state index contributed by atoms with van der Waals surface area (Å²) in [5.41, 5.74) is 6.28. The molecule has 6 aliphatic rings. The van der Waals surface area contributed by atoms with Crippen LogP contribution in [-0.4, -0.2) is 18.0 Å². The number of rotatable bonds is 7. The standard InChI is InChI=1S/C16H18O.C15H18O2.C14H16/c1-11-2-5-13(6-3-11)16(17)10-15-9-12-4-7-14(15)8-12;1-17-15-9-11(3-5-14(15)16)8-13-7-10-2-4-12(13)6-10;1-10-2-5-12(6-3-10)14-9-11-4-7-13(14)8-11/h2-7,12,14-15H,8-10H2,1H3;2-5,9-10,12-13,16H,6-8H2,1H3;2-7,11,13-14H,8-9H2,1H3. The van der Waals surface area contributed by atoms with Crippen LogP contribution in [-0.2, 0) is 6.42 Å². The molecule has 0 aliphatic heterocycles. The highest BCUT2D eigenvalue weighted by molar-refractivity contribution is 5.96. The highest BCUT2D eigenvalue weighted by atomic mass is 16.5. The highest BCUT2D eigenvalue weighted by Crippen LogP contribution is 2.49. The van der Waals surface area contributed by atoms with Gasteiger partial charge in [0.15, 0.2) is 17.3 Å². The maximum Gasteiger partial charge on any atom is 0.163 e. The summed E-state index contributed by atoms with van der Waals surface area (Å²) in [5.74, 6) is 8.06. The molecule has 48 heavy (non-hydrogen) atoms. The molecule has 3 nitrogen and oxygen atoms in total. The first-order valence-corrected chi connectivity index (χ1v) is 18.4. The molecular formula is C45H52O3. The van der Waals surface area contributed by atoms with Gasteiger partial charge in [0, 0.05) is 12.0 Å². The lowest BCUT2D eigenvalue weighted by Gasteiger charge is -2.18. The van der Waals surface area contributed by atoms with Crippen molar-refractivity contribution in [2.45, 2.75) is 71.1 Å². The molecule has 0 amide bonds. The fourth-order valence-electron chi connectivity index (χ4n) is 9.48. The smallest absolute Gasteiger partial charge is 0.163 e. The van der Waals surface area contributed by atoms with E-state index < -0.39 is 0 Å². The SMILES string of the molecule is COc1cc(CC2CC3C=CC2C3)ccc1O.Cc1ccc(C(=O)CC2CC3C=CC2C3)cc1.Cc1ccc(C2CC3C=CC2C3)cc1. The maximum atomic E-state index is 12.2. The molecule has 0 saturated heterocycles. The van der Waals surface area contributed by atoms with E-state index in [1.54, 1.807) is 18.7 Å². The Morgan fingerprint density at radius 2 is 1.23 bits per heavy atom. The summed E-state index contributed by atoms with van der Waals surface area (Å²) in [4.78, 5) is 12.2. The van der Waals surface area contributed by atoms with E-state index in [1.165, 1.54) is 55.2 Å². The lowest BCUT2D eigenvalue weighted by molar-refractivity contribution is 0.0954. The van der Waals surface area contributed by atoms with Gasteiger partial charge in [-0.1, -0.05) is 102 Å². The zero-order valence-electron chi connectivity index (χ0n) is 28.9. The van der Waals surface area contributed by atoms with Gasteiger partial charge in [-0.15, -0.1) is 0 Å². The van der Waals surface area contributed by atoms with E-state index in [-0.39, 0.29) is 5.75 Å². The summed E-state index contributed by atoms with van der Waals surface area (Å²) in [7, 11) is 1.60. The third kappa shape index (κ3) is 7.41. The van der Waals surface area contributed by atoms with Gasteiger partial charge in [0.2, 0.25) is 0 Å². The van der Waals surface area contributed by atoms with Crippen molar-refractivity contribution in [2.75, 3.05) is 7.11 Å². The number of ether oxygens (including phenoxy) is 1. The predicted molar refractivity (Wildman–Crippen MR) is 195 cm³/mol. The minimum atomic E-state index is 0.226. The van der Waals surface area contributed by atoms with E-state index in [0.29, 0.717) is 23.4 Å². The van der Waals surface area contributed by atoms with E-state index in [2.05, 4.69) is 74.6 Å². The second-order valence-corrected chi connectivity index (χ2v) is 15.6. The fourth-order valence-corrected chi connectivity index (χ4v) is 9.48. The minimum absolute atomic E-state index is 0.226. The number of phenols is 1. The van der Waals surface area contributed by atoms with Gasteiger partial charge in [0.05, 0.1) is 7.11 Å².